The summed E-state index contributed by atoms with van der Waals surface area (Å²) in [6.45, 7) is 4.08. The highest BCUT2D eigenvalue weighted by molar-refractivity contribution is 5.50. The van der Waals surface area contributed by atoms with Gasteiger partial charge in [-0.25, -0.2) is 9.67 Å². The van der Waals surface area contributed by atoms with Gasteiger partial charge in [0.15, 0.2) is 0 Å². The molecule has 0 aliphatic heterocycles. The predicted molar refractivity (Wildman–Crippen MR) is 48.7 cm³/mol. The van der Waals surface area contributed by atoms with Gasteiger partial charge in [-0.1, -0.05) is 13.8 Å². The topological polar surface area (TPSA) is 50.9 Å². The van der Waals surface area contributed by atoms with Crippen molar-refractivity contribution >= 4 is 5.70 Å². The van der Waals surface area contributed by atoms with Gasteiger partial charge in [-0.05, 0) is 17.9 Å². The highest BCUT2D eigenvalue weighted by Crippen LogP contribution is 2.38. The Morgan fingerprint density at radius 1 is 1.62 bits per heavy atom. The Morgan fingerprint density at radius 2 is 2.38 bits per heavy atom. The van der Waals surface area contributed by atoms with Crippen LogP contribution in [0.5, 0.6) is 0 Å². The van der Waals surface area contributed by atoms with Gasteiger partial charge in [0.25, 0.3) is 0 Å². The number of hydrogen-bond donors (Lipinski definition) is 1. The summed E-state index contributed by atoms with van der Waals surface area (Å²) in [5.74, 6) is 0. The van der Waals surface area contributed by atoms with Gasteiger partial charge >= 0.3 is 0 Å². The van der Waals surface area contributed by atoms with Crippen molar-refractivity contribution in [2.45, 2.75) is 26.4 Å². The number of hydrogen-bond acceptors (Lipinski definition) is 3. The van der Waals surface area contributed by atoms with Crippen LogP contribution < -0.4 is 0 Å². The van der Waals surface area contributed by atoms with E-state index in [0.717, 1.165) is 12.1 Å². The minimum Gasteiger partial charge on any atom is -0.388 e. The molecule has 0 aromatic carbocycles. The van der Waals surface area contributed by atoms with Crippen molar-refractivity contribution in [3.8, 4) is 0 Å². The Bertz CT molecular complexity index is 327. The Balaban J connectivity index is 2.26. The summed E-state index contributed by atoms with van der Waals surface area (Å²) in [6, 6.07) is 0. The maximum atomic E-state index is 9.69. The molecule has 2 rings (SSSR count). The molecule has 1 atom stereocenters. The molecule has 1 aliphatic carbocycles. The normalized spacial score (nSPS) is 26.1. The SMILES string of the molecule is CC1(C)CC(n2cncn2)=CC1O. The molecular formula is C9H13N3O. The van der Waals surface area contributed by atoms with Gasteiger partial charge in [-0.15, -0.1) is 0 Å². The molecule has 1 unspecified atom stereocenters. The fourth-order valence-electron chi connectivity index (χ4n) is 1.55. The van der Waals surface area contributed by atoms with E-state index in [1.54, 1.807) is 11.0 Å². The van der Waals surface area contributed by atoms with Crippen molar-refractivity contribution in [3.05, 3.63) is 18.7 Å². The number of nitrogens with zero attached hydrogens (tertiary/aromatic N) is 3. The molecule has 4 heteroatoms. The lowest BCUT2D eigenvalue weighted by atomic mass is 9.88. The molecule has 0 bridgehead atoms. The van der Waals surface area contributed by atoms with Crippen LogP contribution in [0.3, 0.4) is 0 Å². The molecule has 0 saturated carbocycles. The van der Waals surface area contributed by atoms with E-state index in [2.05, 4.69) is 10.1 Å². The van der Waals surface area contributed by atoms with E-state index in [-0.39, 0.29) is 11.5 Å². The van der Waals surface area contributed by atoms with Gasteiger partial charge < -0.3 is 5.11 Å². The lowest BCUT2D eigenvalue weighted by molar-refractivity contribution is 0.106. The molecule has 0 radical (unpaired) electrons. The molecule has 0 spiro atoms. The molecule has 4 nitrogen and oxygen atoms in total. The molecule has 13 heavy (non-hydrogen) atoms. The minimum atomic E-state index is -0.383. The third-order valence-electron chi connectivity index (χ3n) is 2.50. The quantitative estimate of drug-likeness (QED) is 0.697. The van der Waals surface area contributed by atoms with Crippen LogP contribution >= 0.6 is 0 Å². The number of aromatic nitrogens is 3. The summed E-state index contributed by atoms with van der Waals surface area (Å²) in [7, 11) is 0. The van der Waals surface area contributed by atoms with Crippen molar-refractivity contribution in [3.63, 3.8) is 0 Å². The number of aliphatic hydroxyl groups is 1. The predicted octanol–water partition coefficient (Wildman–Crippen LogP) is 0.910. The van der Waals surface area contributed by atoms with Gasteiger partial charge in [-0.2, -0.15) is 5.10 Å². The molecule has 1 heterocycles. The summed E-state index contributed by atoms with van der Waals surface area (Å²) in [4.78, 5) is 3.87. The summed E-state index contributed by atoms with van der Waals surface area (Å²) < 4.78 is 1.71. The van der Waals surface area contributed by atoms with Crippen LogP contribution in [0.2, 0.25) is 0 Å². The second-order valence-electron chi connectivity index (χ2n) is 4.11. The zero-order chi connectivity index (χ0) is 9.47. The van der Waals surface area contributed by atoms with Crippen molar-refractivity contribution in [2.24, 2.45) is 5.41 Å². The molecule has 70 valence electrons. The third-order valence-corrected chi connectivity index (χ3v) is 2.50. The van der Waals surface area contributed by atoms with E-state index in [4.69, 9.17) is 0 Å². The van der Waals surface area contributed by atoms with Gasteiger partial charge in [0.2, 0.25) is 0 Å². The van der Waals surface area contributed by atoms with Crippen molar-refractivity contribution in [1.29, 1.82) is 0 Å². The van der Waals surface area contributed by atoms with E-state index >= 15 is 0 Å². The first kappa shape index (κ1) is 8.44. The maximum Gasteiger partial charge on any atom is 0.138 e. The molecule has 1 N–H and O–H groups in total. The number of aliphatic hydroxyl groups excluding tert-OH is 1. The molecular weight excluding hydrogens is 166 g/mol. The molecule has 1 aromatic rings. The summed E-state index contributed by atoms with van der Waals surface area (Å²) in [6.07, 6.45) is 5.44. The second-order valence-corrected chi connectivity index (χ2v) is 4.11. The standard InChI is InChI=1S/C9H13N3O/c1-9(2)4-7(3-8(9)13)12-6-10-5-11-12/h3,5-6,8,13H,4H2,1-2H3. The first-order valence-electron chi connectivity index (χ1n) is 4.33. The lowest BCUT2D eigenvalue weighted by Crippen LogP contribution is -2.22. The van der Waals surface area contributed by atoms with Crippen LogP contribution in [0.1, 0.15) is 20.3 Å². The first-order chi connectivity index (χ1) is 6.09. The van der Waals surface area contributed by atoms with Crippen LogP contribution in [-0.2, 0) is 0 Å². The van der Waals surface area contributed by atoms with Crippen molar-refractivity contribution in [2.75, 3.05) is 0 Å². The fourth-order valence-corrected chi connectivity index (χ4v) is 1.55. The van der Waals surface area contributed by atoms with Crippen LogP contribution in [0.25, 0.3) is 5.70 Å². The van der Waals surface area contributed by atoms with Crippen LogP contribution in [-0.4, -0.2) is 26.0 Å². The number of rotatable bonds is 1. The summed E-state index contributed by atoms with van der Waals surface area (Å²) in [5, 5.41) is 13.7. The van der Waals surface area contributed by atoms with E-state index in [0.29, 0.717) is 0 Å². The molecule has 1 aliphatic rings. The molecule has 0 amide bonds. The van der Waals surface area contributed by atoms with Crippen molar-refractivity contribution in [1.82, 2.24) is 14.8 Å². The van der Waals surface area contributed by atoms with E-state index in [1.165, 1.54) is 6.33 Å². The Labute approximate surface area is 76.9 Å². The Kier molecular flexibility index (Phi) is 1.73. The van der Waals surface area contributed by atoms with E-state index in [9.17, 15) is 5.11 Å². The van der Waals surface area contributed by atoms with Crippen molar-refractivity contribution < 1.29 is 5.11 Å². The smallest absolute Gasteiger partial charge is 0.138 e. The van der Waals surface area contributed by atoms with E-state index in [1.807, 2.05) is 19.9 Å². The minimum absolute atomic E-state index is 0.0821. The molecule has 1 aromatic heterocycles. The van der Waals surface area contributed by atoms with Gasteiger partial charge in [0.05, 0.1) is 6.10 Å². The summed E-state index contributed by atoms with van der Waals surface area (Å²) >= 11 is 0. The van der Waals surface area contributed by atoms with Crippen LogP contribution in [0.15, 0.2) is 18.7 Å². The second kappa shape index (κ2) is 2.67. The van der Waals surface area contributed by atoms with Gasteiger partial charge in [-0.3, -0.25) is 0 Å². The van der Waals surface area contributed by atoms with Crippen LogP contribution in [0.4, 0.5) is 0 Å². The van der Waals surface area contributed by atoms with Gasteiger partial charge in [0, 0.05) is 5.70 Å². The monoisotopic (exact) mass is 179 g/mol. The Hall–Kier alpha value is -1.16. The van der Waals surface area contributed by atoms with E-state index < -0.39 is 0 Å². The Morgan fingerprint density at radius 3 is 2.85 bits per heavy atom. The zero-order valence-electron chi connectivity index (χ0n) is 7.81. The first-order valence-corrected chi connectivity index (χ1v) is 4.33. The fraction of sp³-hybridized carbons (Fsp3) is 0.556. The molecule has 0 fully saturated rings. The molecule has 0 saturated heterocycles. The number of allylic oxidation sites excluding steroid dienone is 1. The average Bonchev–Trinajstić information content (AvgIpc) is 2.60. The van der Waals surface area contributed by atoms with Crippen LogP contribution in [0, 0.1) is 5.41 Å². The highest BCUT2D eigenvalue weighted by Gasteiger charge is 2.34. The highest BCUT2D eigenvalue weighted by atomic mass is 16.3. The zero-order valence-corrected chi connectivity index (χ0v) is 7.81. The largest absolute Gasteiger partial charge is 0.388 e. The maximum absolute atomic E-state index is 9.69. The third kappa shape index (κ3) is 1.37. The lowest BCUT2D eigenvalue weighted by Gasteiger charge is -2.21. The van der Waals surface area contributed by atoms with Gasteiger partial charge in [0.1, 0.15) is 12.7 Å². The summed E-state index contributed by atoms with van der Waals surface area (Å²) in [5.41, 5.74) is 0.941. The average molecular weight is 179 g/mol.